The normalized spacial score (nSPS) is 28.7. The lowest BCUT2D eigenvalue weighted by Gasteiger charge is -2.40. The van der Waals surface area contributed by atoms with E-state index in [9.17, 15) is 0 Å². The number of hydrogen-bond donors (Lipinski definition) is 0. The van der Waals surface area contributed by atoms with Gasteiger partial charge in [0.1, 0.15) is 0 Å². The highest BCUT2D eigenvalue weighted by Gasteiger charge is 2.51. The van der Waals surface area contributed by atoms with Gasteiger partial charge >= 0.3 is 0 Å². The van der Waals surface area contributed by atoms with Gasteiger partial charge in [0.2, 0.25) is 0 Å². The van der Waals surface area contributed by atoms with Crippen LogP contribution >= 0.6 is 0 Å². The number of rotatable bonds is 3. The Kier molecular flexibility index (Phi) is 7.18. The van der Waals surface area contributed by atoms with Gasteiger partial charge in [-0.15, -0.1) is 0 Å². The molecule has 8 aliphatic rings. The van der Waals surface area contributed by atoms with Crippen molar-refractivity contribution in [3.05, 3.63) is 206 Å². The number of allylic oxidation sites excluding steroid dienone is 18. The zero-order valence-corrected chi connectivity index (χ0v) is 32.8. The van der Waals surface area contributed by atoms with Gasteiger partial charge in [-0.25, -0.2) is 0 Å². The van der Waals surface area contributed by atoms with Crippen molar-refractivity contribution >= 4 is 28.9 Å². The summed E-state index contributed by atoms with van der Waals surface area (Å²) in [6.07, 6.45) is 36.4. The standard InChI is InChI=1S/C55H50/c1-54(2,3)39-29-36-20-19-34-21-25-40(47-28-24-37(30-39)50(36)53(34)47)35-22-26-41-42-27-23-38(32-49(42)55(4,5)48(41)31-35)52-45-17-11-9-15-43(45)51(33-13-7-6-8-14-33)44-16-10-12-18-46(44)52/h6-30,36,43,45,48-50H,31-32H2,1-5H3. The monoisotopic (exact) mass is 710 g/mol. The van der Waals surface area contributed by atoms with E-state index in [4.69, 9.17) is 0 Å². The molecule has 11 rings (SSSR count). The van der Waals surface area contributed by atoms with Gasteiger partial charge in [-0.05, 0) is 118 Å². The molecule has 0 nitrogen and oxygen atoms in total. The van der Waals surface area contributed by atoms with Crippen molar-refractivity contribution in [2.24, 2.45) is 40.4 Å². The van der Waals surface area contributed by atoms with Gasteiger partial charge in [0, 0.05) is 23.7 Å². The molecule has 55 heavy (non-hydrogen) atoms. The van der Waals surface area contributed by atoms with Gasteiger partial charge in [-0.1, -0.05) is 186 Å². The van der Waals surface area contributed by atoms with Crippen LogP contribution in [0.5, 0.6) is 0 Å². The SMILES string of the molecule is CC(C)(C)C1=CC2C=Cc3ccc(C4=CC=C5C6=CC=C(C7=c8ccccc8=C(c8ccccc8)C8C=CC=CC78)CC6C(C)(C)C5C4)c4c3C2C(=C1)C=C4. The molecule has 270 valence electrons. The van der Waals surface area contributed by atoms with Crippen LogP contribution in [0, 0.1) is 40.4 Å². The third kappa shape index (κ3) is 4.89. The van der Waals surface area contributed by atoms with Gasteiger partial charge in [0.15, 0.2) is 0 Å². The highest BCUT2D eigenvalue weighted by atomic mass is 14.5. The fourth-order valence-corrected chi connectivity index (χ4v) is 11.8. The molecule has 1 saturated carbocycles. The highest BCUT2D eigenvalue weighted by Crippen LogP contribution is 2.62. The zero-order chi connectivity index (χ0) is 37.2. The molecule has 1 fully saturated rings. The molecule has 0 heteroatoms. The fraction of sp³-hybridized carbons (Fsp3) is 0.273. The van der Waals surface area contributed by atoms with E-state index in [2.05, 4.69) is 186 Å². The van der Waals surface area contributed by atoms with Crippen molar-refractivity contribution in [3.63, 3.8) is 0 Å². The van der Waals surface area contributed by atoms with Crippen LogP contribution in [0.1, 0.15) is 81.2 Å². The van der Waals surface area contributed by atoms with E-state index < -0.39 is 0 Å². The lowest BCUT2D eigenvalue weighted by Crippen LogP contribution is -2.41. The van der Waals surface area contributed by atoms with Crippen LogP contribution in [0.25, 0.3) is 28.9 Å². The predicted octanol–water partition coefficient (Wildman–Crippen LogP) is 12.0. The maximum Gasteiger partial charge on any atom is 0.0199 e. The molecule has 8 aliphatic carbocycles. The lowest BCUT2D eigenvalue weighted by molar-refractivity contribution is 0.208. The number of hydrogen-bond acceptors (Lipinski definition) is 0. The van der Waals surface area contributed by atoms with Crippen LogP contribution in [0.15, 0.2) is 168 Å². The summed E-state index contributed by atoms with van der Waals surface area (Å²) in [5.41, 5.74) is 19.5. The third-order valence-corrected chi connectivity index (χ3v) is 14.6. The minimum Gasteiger partial charge on any atom is -0.0761 e. The van der Waals surface area contributed by atoms with Crippen molar-refractivity contribution in [2.45, 2.75) is 53.4 Å². The first kappa shape index (κ1) is 33.2. The van der Waals surface area contributed by atoms with Crippen molar-refractivity contribution in [3.8, 4) is 0 Å². The van der Waals surface area contributed by atoms with Crippen LogP contribution in [-0.4, -0.2) is 0 Å². The minimum absolute atomic E-state index is 0.136. The molecule has 0 aliphatic heterocycles. The molecule has 0 saturated heterocycles. The van der Waals surface area contributed by atoms with Gasteiger partial charge in [-0.3, -0.25) is 0 Å². The predicted molar refractivity (Wildman–Crippen MR) is 232 cm³/mol. The van der Waals surface area contributed by atoms with E-state index in [1.165, 1.54) is 71.7 Å². The summed E-state index contributed by atoms with van der Waals surface area (Å²) < 4.78 is 0. The summed E-state index contributed by atoms with van der Waals surface area (Å²) in [5.74, 6) is 2.48. The van der Waals surface area contributed by atoms with Gasteiger partial charge < -0.3 is 0 Å². The van der Waals surface area contributed by atoms with E-state index in [0.717, 1.165) is 12.8 Å². The van der Waals surface area contributed by atoms with Crippen molar-refractivity contribution in [1.82, 2.24) is 0 Å². The molecule has 0 spiro atoms. The highest BCUT2D eigenvalue weighted by molar-refractivity contribution is 5.86. The molecule has 0 radical (unpaired) electrons. The Bertz CT molecular complexity index is 2660. The first-order chi connectivity index (χ1) is 26.7. The second-order valence-corrected chi connectivity index (χ2v) is 18.8. The molecule has 0 aromatic heterocycles. The third-order valence-electron chi connectivity index (χ3n) is 14.6. The second-order valence-electron chi connectivity index (χ2n) is 18.8. The lowest BCUT2D eigenvalue weighted by atomic mass is 9.64. The minimum atomic E-state index is 0.136. The first-order valence-electron chi connectivity index (χ1n) is 20.7. The Labute approximate surface area is 327 Å². The van der Waals surface area contributed by atoms with Gasteiger partial charge in [-0.2, -0.15) is 0 Å². The Balaban J connectivity index is 0.986. The molecule has 3 aromatic carbocycles. The van der Waals surface area contributed by atoms with Crippen molar-refractivity contribution in [1.29, 1.82) is 0 Å². The van der Waals surface area contributed by atoms with Crippen molar-refractivity contribution in [2.75, 3.05) is 0 Å². The van der Waals surface area contributed by atoms with Crippen LogP contribution in [0.4, 0.5) is 0 Å². The largest absolute Gasteiger partial charge is 0.0761 e. The van der Waals surface area contributed by atoms with E-state index >= 15 is 0 Å². The van der Waals surface area contributed by atoms with E-state index in [-0.39, 0.29) is 10.8 Å². The van der Waals surface area contributed by atoms with Gasteiger partial charge in [0.25, 0.3) is 0 Å². The molecule has 3 aromatic rings. The first-order valence-corrected chi connectivity index (χ1v) is 20.7. The van der Waals surface area contributed by atoms with Crippen LogP contribution in [-0.2, 0) is 0 Å². The Morgan fingerprint density at radius 2 is 1.29 bits per heavy atom. The number of benzene rings is 3. The Hall–Kier alpha value is -5.20. The molecular weight excluding hydrogens is 661 g/mol. The van der Waals surface area contributed by atoms with Crippen molar-refractivity contribution < 1.29 is 0 Å². The molecule has 0 bridgehead atoms. The summed E-state index contributed by atoms with van der Waals surface area (Å²) in [4.78, 5) is 0. The maximum absolute atomic E-state index is 2.57. The Morgan fingerprint density at radius 3 is 2.02 bits per heavy atom. The molecular formula is C55H50. The van der Waals surface area contributed by atoms with Crippen LogP contribution in [0.2, 0.25) is 0 Å². The summed E-state index contributed by atoms with van der Waals surface area (Å²) in [7, 11) is 0. The summed E-state index contributed by atoms with van der Waals surface area (Å²) in [5, 5.41) is 2.80. The van der Waals surface area contributed by atoms with Crippen LogP contribution < -0.4 is 10.4 Å². The summed E-state index contributed by atoms with van der Waals surface area (Å²) in [6.45, 7) is 12.2. The average Bonchev–Trinajstić information content (AvgIpc) is 3.43. The van der Waals surface area contributed by atoms with E-state index in [1.54, 1.807) is 11.1 Å². The zero-order valence-electron chi connectivity index (χ0n) is 32.8. The molecule has 0 amide bonds. The molecule has 6 unspecified atom stereocenters. The number of fused-ring (bicyclic) bond motifs is 5. The fourth-order valence-electron chi connectivity index (χ4n) is 11.8. The molecule has 0 N–H and O–H groups in total. The quantitative estimate of drug-likeness (QED) is 0.254. The smallest absolute Gasteiger partial charge is 0.0199 e. The van der Waals surface area contributed by atoms with E-state index in [0.29, 0.717) is 35.5 Å². The van der Waals surface area contributed by atoms with Crippen LogP contribution in [0.3, 0.4) is 0 Å². The maximum atomic E-state index is 2.57. The average molecular weight is 711 g/mol. The topological polar surface area (TPSA) is 0 Å². The summed E-state index contributed by atoms with van der Waals surface area (Å²) >= 11 is 0. The molecule has 0 heterocycles. The summed E-state index contributed by atoms with van der Waals surface area (Å²) in [6, 6.07) is 25.1. The van der Waals surface area contributed by atoms with E-state index in [1.807, 2.05) is 0 Å². The van der Waals surface area contributed by atoms with Gasteiger partial charge in [0.05, 0.1) is 0 Å². The Morgan fingerprint density at radius 1 is 0.636 bits per heavy atom. The molecule has 6 atom stereocenters. The second kappa shape index (κ2) is 11.9.